The zero-order chi connectivity index (χ0) is 18.3. The lowest BCUT2D eigenvalue weighted by molar-refractivity contribution is 0.602. The maximum absolute atomic E-state index is 12.0. The maximum atomic E-state index is 12.0. The van der Waals surface area contributed by atoms with Gasteiger partial charge in [0.25, 0.3) is 0 Å². The van der Waals surface area contributed by atoms with Gasteiger partial charge < -0.3 is 4.98 Å². The summed E-state index contributed by atoms with van der Waals surface area (Å²) in [5.41, 5.74) is 5.72. The lowest BCUT2D eigenvalue weighted by Gasteiger charge is -2.09. The third kappa shape index (κ3) is 3.02. The lowest BCUT2D eigenvalue weighted by atomic mass is 10.00. The summed E-state index contributed by atoms with van der Waals surface area (Å²) in [5, 5.41) is 0. The number of sulfone groups is 1. The van der Waals surface area contributed by atoms with Crippen molar-refractivity contribution in [3.8, 4) is 22.3 Å². The monoisotopic (exact) mass is 362 g/mol. The molecule has 0 bridgehead atoms. The fourth-order valence-corrected chi connectivity index (χ4v) is 4.10. The van der Waals surface area contributed by atoms with E-state index in [4.69, 9.17) is 0 Å². The number of hydrogen-bond donors (Lipinski definition) is 1. The Morgan fingerprint density at radius 1 is 0.846 bits per heavy atom. The van der Waals surface area contributed by atoms with Crippen LogP contribution in [-0.2, 0) is 9.84 Å². The zero-order valence-corrected chi connectivity index (χ0v) is 15.3. The average Bonchev–Trinajstić information content (AvgIpc) is 3.00. The van der Waals surface area contributed by atoms with Crippen molar-refractivity contribution < 1.29 is 8.42 Å². The van der Waals surface area contributed by atoms with Crippen molar-refractivity contribution in [2.75, 3.05) is 6.26 Å². The molecule has 5 heteroatoms. The van der Waals surface area contributed by atoms with Crippen LogP contribution >= 0.6 is 0 Å². The Labute approximate surface area is 152 Å². The molecule has 0 fully saturated rings. The van der Waals surface area contributed by atoms with E-state index in [0.717, 1.165) is 39.1 Å². The van der Waals surface area contributed by atoms with Crippen LogP contribution in [0.25, 0.3) is 33.3 Å². The second-order valence-electron chi connectivity index (χ2n) is 6.40. The van der Waals surface area contributed by atoms with Crippen molar-refractivity contribution in [2.45, 2.75) is 11.8 Å². The van der Waals surface area contributed by atoms with Crippen molar-refractivity contribution in [1.82, 2.24) is 9.97 Å². The number of nitrogens with zero attached hydrogens (tertiary/aromatic N) is 1. The first-order valence-electron chi connectivity index (χ1n) is 8.28. The first-order chi connectivity index (χ1) is 12.4. The molecule has 4 nitrogen and oxygen atoms in total. The van der Waals surface area contributed by atoms with Crippen LogP contribution in [0.2, 0.25) is 0 Å². The number of H-pyrrole nitrogens is 1. The van der Waals surface area contributed by atoms with Crippen LogP contribution < -0.4 is 0 Å². The van der Waals surface area contributed by atoms with Gasteiger partial charge in [0.2, 0.25) is 0 Å². The molecule has 4 aromatic rings. The van der Waals surface area contributed by atoms with E-state index in [0.29, 0.717) is 4.90 Å². The summed E-state index contributed by atoms with van der Waals surface area (Å²) >= 11 is 0. The van der Waals surface area contributed by atoms with Gasteiger partial charge >= 0.3 is 0 Å². The molecule has 0 unspecified atom stereocenters. The largest absolute Gasteiger partial charge is 0.342 e. The van der Waals surface area contributed by atoms with Crippen LogP contribution in [-0.4, -0.2) is 24.6 Å². The van der Waals surface area contributed by atoms with Gasteiger partial charge in [0.15, 0.2) is 9.84 Å². The summed E-state index contributed by atoms with van der Waals surface area (Å²) in [4.78, 5) is 8.02. The predicted octanol–water partition coefficient (Wildman–Crippen LogP) is 4.61. The minimum absolute atomic E-state index is 0.349. The second-order valence-corrected chi connectivity index (χ2v) is 8.38. The van der Waals surface area contributed by atoms with E-state index in [1.165, 1.54) is 6.26 Å². The van der Waals surface area contributed by atoms with Crippen LogP contribution in [0.15, 0.2) is 71.6 Å². The van der Waals surface area contributed by atoms with Gasteiger partial charge in [0.05, 0.1) is 15.9 Å². The molecule has 0 saturated carbocycles. The topological polar surface area (TPSA) is 62.8 Å². The van der Waals surface area contributed by atoms with Gasteiger partial charge in [-0.2, -0.15) is 0 Å². The molecule has 0 saturated heterocycles. The van der Waals surface area contributed by atoms with Gasteiger partial charge in [-0.15, -0.1) is 0 Å². The van der Waals surface area contributed by atoms with Crippen molar-refractivity contribution in [3.63, 3.8) is 0 Å². The first-order valence-corrected chi connectivity index (χ1v) is 10.2. The highest BCUT2D eigenvalue weighted by Crippen LogP contribution is 2.30. The maximum Gasteiger partial charge on any atom is 0.176 e. The summed E-state index contributed by atoms with van der Waals surface area (Å²) < 4.78 is 24.1. The molecule has 1 N–H and O–H groups in total. The normalized spacial score (nSPS) is 11.8. The smallest absolute Gasteiger partial charge is 0.176 e. The highest BCUT2D eigenvalue weighted by Gasteiger charge is 2.14. The molecular formula is C21H18N2O2S. The number of aromatic amines is 1. The molecule has 0 radical (unpaired) electrons. The van der Waals surface area contributed by atoms with E-state index in [-0.39, 0.29) is 0 Å². The number of fused-ring (bicyclic) bond motifs is 1. The van der Waals surface area contributed by atoms with Crippen LogP contribution in [0.5, 0.6) is 0 Å². The third-order valence-corrected chi connectivity index (χ3v) is 5.57. The van der Waals surface area contributed by atoms with E-state index >= 15 is 0 Å². The van der Waals surface area contributed by atoms with Crippen LogP contribution in [0.3, 0.4) is 0 Å². The summed E-state index contributed by atoms with van der Waals surface area (Å²) in [6, 6.07) is 21.2. The molecule has 0 spiro atoms. The highest BCUT2D eigenvalue weighted by atomic mass is 32.2. The molecule has 1 aromatic heterocycles. The van der Waals surface area contributed by atoms with Crippen LogP contribution in [0.1, 0.15) is 5.82 Å². The fourth-order valence-electron chi connectivity index (χ4n) is 3.19. The van der Waals surface area contributed by atoms with Gasteiger partial charge in [0, 0.05) is 11.8 Å². The molecule has 0 atom stereocenters. The number of nitrogens with one attached hydrogen (secondary N) is 1. The fraction of sp³-hybridized carbons (Fsp3) is 0.0952. The number of rotatable bonds is 3. The molecule has 130 valence electrons. The number of imidazole rings is 1. The standard InChI is InChI=1S/C21H18N2O2S/c1-14-22-19-12-11-17(13-20(19)23-14)15-7-9-16(10-8-15)18-5-3-4-6-21(18)26(2,24)25/h3-13H,1-2H3,(H,22,23). The number of aryl methyl sites for hydroxylation is 1. The van der Waals surface area contributed by atoms with Gasteiger partial charge in [-0.25, -0.2) is 13.4 Å². The predicted molar refractivity (Wildman–Crippen MR) is 105 cm³/mol. The third-order valence-electron chi connectivity index (χ3n) is 4.42. The Morgan fingerprint density at radius 2 is 1.50 bits per heavy atom. The molecule has 1 heterocycles. The van der Waals surface area contributed by atoms with E-state index < -0.39 is 9.84 Å². The van der Waals surface area contributed by atoms with Crippen molar-refractivity contribution in [3.05, 3.63) is 72.6 Å². The number of hydrogen-bond acceptors (Lipinski definition) is 3. The Kier molecular flexibility index (Phi) is 3.89. The number of benzene rings is 3. The van der Waals surface area contributed by atoms with Crippen LogP contribution in [0.4, 0.5) is 0 Å². The minimum atomic E-state index is -3.28. The van der Waals surface area contributed by atoms with E-state index in [9.17, 15) is 8.42 Å². The Balaban J connectivity index is 1.75. The Hall–Kier alpha value is -2.92. The summed E-state index contributed by atoms with van der Waals surface area (Å²) in [6.45, 7) is 1.94. The quantitative estimate of drug-likeness (QED) is 0.579. The zero-order valence-electron chi connectivity index (χ0n) is 14.5. The summed E-state index contributed by atoms with van der Waals surface area (Å²) in [7, 11) is -3.28. The van der Waals surface area contributed by atoms with Crippen molar-refractivity contribution in [2.24, 2.45) is 0 Å². The molecule has 26 heavy (non-hydrogen) atoms. The molecule has 0 aliphatic heterocycles. The molecule has 0 aliphatic rings. The van der Waals surface area contributed by atoms with Gasteiger partial charge in [-0.1, -0.05) is 48.5 Å². The van der Waals surface area contributed by atoms with E-state index in [1.807, 2.05) is 55.5 Å². The van der Waals surface area contributed by atoms with E-state index in [1.54, 1.807) is 12.1 Å². The molecular weight excluding hydrogens is 344 g/mol. The van der Waals surface area contributed by atoms with Crippen molar-refractivity contribution in [1.29, 1.82) is 0 Å². The van der Waals surface area contributed by atoms with Gasteiger partial charge in [-0.3, -0.25) is 0 Å². The van der Waals surface area contributed by atoms with E-state index in [2.05, 4.69) is 16.0 Å². The Bertz CT molecular complexity index is 1210. The summed E-state index contributed by atoms with van der Waals surface area (Å²) in [6.07, 6.45) is 1.24. The lowest BCUT2D eigenvalue weighted by Crippen LogP contribution is -1.99. The second kappa shape index (κ2) is 6.11. The minimum Gasteiger partial charge on any atom is -0.342 e. The Morgan fingerprint density at radius 3 is 2.23 bits per heavy atom. The number of aromatic nitrogens is 2. The SMILES string of the molecule is Cc1nc2ccc(-c3ccc(-c4ccccc4S(C)(=O)=O)cc3)cc2[nH]1. The molecule has 0 aliphatic carbocycles. The summed E-state index contributed by atoms with van der Waals surface area (Å²) in [5.74, 6) is 0.893. The first kappa shape index (κ1) is 16.5. The average molecular weight is 362 g/mol. The molecule has 0 amide bonds. The highest BCUT2D eigenvalue weighted by molar-refractivity contribution is 7.90. The van der Waals surface area contributed by atoms with Gasteiger partial charge in [0.1, 0.15) is 5.82 Å². The van der Waals surface area contributed by atoms with Crippen LogP contribution in [0, 0.1) is 6.92 Å². The molecule has 3 aromatic carbocycles. The van der Waals surface area contributed by atoms with Crippen molar-refractivity contribution >= 4 is 20.9 Å². The molecule has 4 rings (SSSR count). The van der Waals surface area contributed by atoms with Gasteiger partial charge in [-0.05, 0) is 41.8 Å².